The first-order chi connectivity index (χ1) is 14.2. The van der Waals surface area contributed by atoms with Crippen molar-refractivity contribution in [2.45, 2.75) is 0 Å². The van der Waals surface area contributed by atoms with Crippen molar-refractivity contribution in [1.82, 2.24) is 20.5 Å². The van der Waals surface area contributed by atoms with Gasteiger partial charge in [0, 0.05) is 36.7 Å². The number of hydrogen-bond donors (Lipinski definition) is 3. The van der Waals surface area contributed by atoms with Gasteiger partial charge in [-0.3, -0.25) is 9.78 Å². The van der Waals surface area contributed by atoms with E-state index in [9.17, 15) is 4.79 Å². The average Bonchev–Trinajstić information content (AvgIpc) is 2.77. The van der Waals surface area contributed by atoms with Gasteiger partial charge in [-0.25, -0.2) is 0 Å². The Labute approximate surface area is 168 Å². The molecule has 3 aromatic rings. The van der Waals surface area contributed by atoms with Crippen LogP contribution in [0.25, 0.3) is 0 Å². The molecule has 0 saturated heterocycles. The highest BCUT2D eigenvalue weighted by Gasteiger charge is 2.10. The van der Waals surface area contributed by atoms with E-state index in [2.05, 4.69) is 31.1 Å². The monoisotopic (exact) mass is 394 g/mol. The first kappa shape index (κ1) is 19.9. The molecular weight excluding hydrogens is 372 g/mol. The van der Waals surface area contributed by atoms with E-state index in [0.29, 0.717) is 41.8 Å². The molecule has 0 fully saturated rings. The SMILES string of the molecule is COc1ccc(C(=O)NCCNc2ccc(Nc3ccncc3)nn2)cc1OC. The van der Waals surface area contributed by atoms with Crippen LogP contribution in [-0.4, -0.2) is 48.4 Å². The first-order valence-electron chi connectivity index (χ1n) is 8.94. The molecule has 2 heterocycles. The topological polar surface area (TPSA) is 110 Å². The number of nitrogens with zero attached hydrogens (tertiary/aromatic N) is 3. The van der Waals surface area contributed by atoms with Crippen LogP contribution < -0.4 is 25.4 Å². The maximum absolute atomic E-state index is 12.3. The fraction of sp³-hybridized carbons (Fsp3) is 0.200. The minimum absolute atomic E-state index is 0.198. The predicted octanol–water partition coefficient (Wildman–Crippen LogP) is 2.47. The van der Waals surface area contributed by atoms with Crippen molar-refractivity contribution in [3.63, 3.8) is 0 Å². The van der Waals surface area contributed by atoms with Gasteiger partial charge in [-0.1, -0.05) is 0 Å². The van der Waals surface area contributed by atoms with Crippen LogP contribution in [0, 0.1) is 0 Å². The van der Waals surface area contributed by atoms with Gasteiger partial charge in [0.05, 0.1) is 14.2 Å². The number of nitrogens with one attached hydrogen (secondary N) is 3. The number of amides is 1. The third-order valence-corrected chi connectivity index (χ3v) is 3.98. The summed E-state index contributed by atoms with van der Waals surface area (Å²) < 4.78 is 10.4. The number of pyridine rings is 1. The molecule has 9 heteroatoms. The normalized spacial score (nSPS) is 10.1. The van der Waals surface area contributed by atoms with Crippen LogP contribution in [-0.2, 0) is 0 Å². The second kappa shape index (κ2) is 9.88. The number of carbonyl (C=O) groups is 1. The number of ether oxygens (including phenoxy) is 2. The zero-order valence-electron chi connectivity index (χ0n) is 16.2. The van der Waals surface area contributed by atoms with Crippen molar-refractivity contribution in [3.05, 3.63) is 60.4 Å². The van der Waals surface area contributed by atoms with E-state index < -0.39 is 0 Å². The molecule has 150 valence electrons. The minimum atomic E-state index is -0.198. The van der Waals surface area contributed by atoms with Crippen LogP contribution in [0.5, 0.6) is 11.5 Å². The predicted molar refractivity (Wildman–Crippen MR) is 110 cm³/mol. The standard InChI is InChI=1S/C20H22N6O3/c1-28-16-4-3-14(13-17(16)29-2)20(27)23-12-11-22-18-5-6-19(26-25-18)24-15-7-9-21-10-8-15/h3-10,13H,11-12H2,1-2H3,(H,22,25)(H,23,27)(H,21,24,26). The quantitative estimate of drug-likeness (QED) is 0.475. The smallest absolute Gasteiger partial charge is 0.251 e. The highest BCUT2D eigenvalue weighted by molar-refractivity contribution is 5.94. The van der Waals surface area contributed by atoms with Crippen molar-refractivity contribution in [3.8, 4) is 11.5 Å². The van der Waals surface area contributed by atoms with Gasteiger partial charge in [0.1, 0.15) is 5.82 Å². The molecule has 0 atom stereocenters. The van der Waals surface area contributed by atoms with Crippen LogP contribution in [0.4, 0.5) is 17.3 Å². The second-order valence-electron chi connectivity index (χ2n) is 5.92. The number of anilines is 3. The molecule has 0 spiro atoms. The lowest BCUT2D eigenvalue weighted by Crippen LogP contribution is -2.28. The van der Waals surface area contributed by atoms with Crippen molar-refractivity contribution < 1.29 is 14.3 Å². The number of methoxy groups -OCH3 is 2. The zero-order chi connectivity index (χ0) is 20.5. The van der Waals surface area contributed by atoms with E-state index >= 15 is 0 Å². The molecule has 3 rings (SSSR count). The van der Waals surface area contributed by atoms with Gasteiger partial charge >= 0.3 is 0 Å². The number of hydrogen-bond acceptors (Lipinski definition) is 8. The second-order valence-corrected chi connectivity index (χ2v) is 5.92. The Morgan fingerprint density at radius 1 is 0.897 bits per heavy atom. The van der Waals surface area contributed by atoms with E-state index in [1.165, 1.54) is 7.11 Å². The highest BCUT2D eigenvalue weighted by Crippen LogP contribution is 2.27. The Hall–Kier alpha value is -3.88. The fourth-order valence-corrected chi connectivity index (χ4v) is 2.52. The van der Waals surface area contributed by atoms with Gasteiger partial charge in [-0.05, 0) is 42.5 Å². The Kier molecular flexibility index (Phi) is 6.77. The van der Waals surface area contributed by atoms with Crippen molar-refractivity contribution in [2.24, 2.45) is 0 Å². The Morgan fingerprint density at radius 2 is 1.62 bits per heavy atom. The summed E-state index contributed by atoms with van der Waals surface area (Å²) >= 11 is 0. The molecule has 0 saturated carbocycles. The van der Waals surface area contributed by atoms with Gasteiger partial charge in [0.2, 0.25) is 0 Å². The summed E-state index contributed by atoms with van der Waals surface area (Å²) in [6.45, 7) is 0.927. The molecule has 0 radical (unpaired) electrons. The van der Waals surface area contributed by atoms with Crippen LogP contribution in [0.1, 0.15) is 10.4 Å². The van der Waals surface area contributed by atoms with E-state index in [-0.39, 0.29) is 5.91 Å². The van der Waals surface area contributed by atoms with Gasteiger partial charge in [-0.2, -0.15) is 0 Å². The molecule has 0 aliphatic rings. The number of aromatic nitrogens is 3. The number of rotatable bonds is 9. The van der Waals surface area contributed by atoms with Crippen molar-refractivity contribution >= 4 is 23.2 Å². The van der Waals surface area contributed by atoms with Crippen molar-refractivity contribution in [1.29, 1.82) is 0 Å². The minimum Gasteiger partial charge on any atom is -0.493 e. The maximum atomic E-state index is 12.3. The van der Waals surface area contributed by atoms with Gasteiger partial charge in [-0.15, -0.1) is 10.2 Å². The maximum Gasteiger partial charge on any atom is 0.251 e. The Balaban J connectivity index is 1.45. The number of benzene rings is 1. The van der Waals surface area contributed by atoms with Gasteiger partial charge < -0.3 is 25.4 Å². The molecule has 9 nitrogen and oxygen atoms in total. The Bertz CT molecular complexity index is 935. The van der Waals surface area contributed by atoms with Crippen LogP contribution in [0.3, 0.4) is 0 Å². The molecule has 0 bridgehead atoms. The molecule has 3 N–H and O–H groups in total. The molecule has 2 aromatic heterocycles. The summed E-state index contributed by atoms with van der Waals surface area (Å²) in [6, 6.07) is 12.3. The summed E-state index contributed by atoms with van der Waals surface area (Å²) in [5.74, 6) is 2.13. The molecule has 1 amide bonds. The molecule has 0 aliphatic carbocycles. The van der Waals surface area contributed by atoms with Gasteiger partial charge in [0.25, 0.3) is 5.91 Å². The molecule has 1 aromatic carbocycles. The van der Waals surface area contributed by atoms with Crippen LogP contribution in [0.15, 0.2) is 54.9 Å². The third kappa shape index (κ3) is 5.55. The Morgan fingerprint density at radius 3 is 2.31 bits per heavy atom. The summed E-state index contributed by atoms with van der Waals surface area (Å²) in [5, 5.41) is 17.3. The molecule has 0 unspecified atom stereocenters. The van der Waals surface area contributed by atoms with Gasteiger partial charge in [0.15, 0.2) is 17.3 Å². The van der Waals surface area contributed by atoms with E-state index in [1.807, 2.05) is 24.3 Å². The lowest BCUT2D eigenvalue weighted by atomic mass is 10.2. The summed E-state index contributed by atoms with van der Waals surface area (Å²) in [4.78, 5) is 16.2. The van der Waals surface area contributed by atoms with E-state index in [0.717, 1.165) is 5.69 Å². The summed E-state index contributed by atoms with van der Waals surface area (Å²) in [7, 11) is 3.08. The molecule has 29 heavy (non-hydrogen) atoms. The molecular formula is C20H22N6O3. The van der Waals surface area contributed by atoms with Crippen LogP contribution in [0.2, 0.25) is 0 Å². The summed E-state index contributed by atoms with van der Waals surface area (Å²) in [6.07, 6.45) is 3.39. The lowest BCUT2D eigenvalue weighted by Gasteiger charge is -2.10. The zero-order valence-corrected chi connectivity index (χ0v) is 16.2. The first-order valence-corrected chi connectivity index (χ1v) is 8.94. The largest absolute Gasteiger partial charge is 0.493 e. The van der Waals surface area contributed by atoms with E-state index in [1.54, 1.807) is 37.7 Å². The lowest BCUT2D eigenvalue weighted by molar-refractivity contribution is 0.0954. The summed E-state index contributed by atoms with van der Waals surface area (Å²) in [5.41, 5.74) is 1.38. The van der Waals surface area contributed by atoms with Crippen LogP contribution >= 0.6 is 0 Å². The molecule has 0 aliphatic heterocycles. The fourth-order valence-electron chi connectivity index (χ4n) is 2.52. The highest BCUT2D eigenvalue weighted by atomic mass is 16.5. The average molecular weight is 394 g/mol. The van der Waals surface area contributed by atoms with E-state index in [4.69, 9.17) is 9.47 Å². The third-order valence-electron chi connectivity index (χ3n) is 3.98. The number of carbonyl (C=O) groups excluding carboxylic acids is 1. The van der Waals surface area contributed by atoms with Crippen molar-refractivity contribution in [2.75, 3.05) is 37.9 Å².